The first-order valence-corrected chi connectivity index (χ1v) is 14.5. The summed E-state index contributed by atoms with van der Waals surface area (Å²) in [7, 11) is -2.10. The number of hydrogen-bond acceptors (Lipinski definition) is 7. The Morgan fingerprint density at radius 3 is 2.34 bits per heavy atom. The highest BCUT2D eigenvalue weighted by atomic mass is 32.2. The molecule has 1 atom stereocenters. The van der Waals surface area contributed by atoms with Crippen LogP contribution in [0.5, 0.6) is 11.5 Å². The van der Waals surface area contributed by atoms with Crippen LogP contribution in [0.1, 0.15) is 23.7 Å². The summed E-state index contributed by atoms with van der Waals surface area (Å²) < 4.78 is 40.6. The largest absolute Gasteiger partial charge is 0.508 e. The Kier molecular flexibility index (Phi) is 8.18. The van der Waals surface area contributed by atoms with Gasteiger partial charge in [0.05, 0.1) is 18.6 Å². The van der Waals surface area contributed by atoms with Crippen molar-refractivity contribution < 1.29 is 23.0 Å². The van der Waals surface area contributed by atoms with Crippen molar-refractivity contribution in [2.75, 3.05) is 57.8 Å². The number of hydrogen-bond donors (Lipinski definition) is 1. The minimum Gasteiger partial charge on any atom is -0.508 e. The molecule has 0 aromatic heterocycles. The average molecular weight is 538 g/mol. The van der Waals surface area contributed by atoms with Gasteiger partial charge in [-0.05, 0) is 54.9 Å². The zero-order valence-corrected chi connectivity index (χ0v) is 22.5. The van der Waals surface area contributed by atoms with Crippen molar-refractivity contribution in [3.8, 4) is 11.5 Å². The van der Waals surface area contributed by atoms with Crippen molar-refractivity contribution in [3.05, 3.63) is 83.9 Å². The molecule has 0 saturated carbocycles. The molecule has 1 unspecified atom stereocenters. The van der Waals surface area contributed by atoms with E-state index in [9.17, 15) is 13.5 Å². The van der Waals surface area contributed by atoms with Crippen LogP contribution in [0.4, 0.5) is 5.69 Å². The van der Waals surface area contributed by atoms with Crippen molar-refractivity contribution in [2.45, 2.75) is 24.0 Å². The second-order valence-corrected chi connectivity index (χ2v) is 11.6. The van der Waals surface area contributed by atoms with Crippen LogP contribution in [0.25, 0.3) is 0 Å². The number of nitrogens with zero attached hydrogens (tertiary/aromatic N) is 3. The number of sulfonamides is 1. The number of rotatable bonds is 9. The molecular weight excluding hydrogens is 502 g/mol. The highest BCUT2D eigenvalue weighted by molar-refractivity contribution is 7.89. The molecule has 2 heterocycles. The lowest BCUT2D eigenvalue weighted by Crippen LogP contribution is -2.47. The van der Waals surface area contributed by atoms with E-state index < -0.39 is 16.1 Å². The van der Waals surface area contributed by atoms with Crippen LogP contribution < -0.4 is 9.64 Å². The maximum Gasteiger partial charge on any atom is 0.243 e. The summed E-state index contributed by atoms with van der Waals surface area (Å²) in [5.41, 5.74) is 2.75. The highest BCUT2D eigenvalue weighted by Crippen LogP contribution is 2.40. The van der Waals surface area contributed by atoms with Crippen LogP contribution in [-0.2, 0) is 21.4 Å². The number of ether oxygens (including phenoxy) is 2. The van der Waals surface area contributed by atoms with Crippen LogP contribution in [-0.4, -0.2) is 75.7 Å². The molecule has 0 spiro atoms. The SMILES string of the molecule is COc1cccc2c1C(OCc1ccccc1)CN(CCCN1CCN(c3ccc(O)cc3)CC1)S2(=O)=O. The summed E-state index contributed by atoms with van der Waals surface area (Å²) in [6.45, 7) is 5.54. The van der Waals surface area contributed by atoms with E-state index in [0.717, 1.165) is 50.4 Å². The van der Waals surface area contributed by atoms with Gasteiger partial charge >= 0.3 is 0 Å². The first kappa shape index (κ1) is 26.5. The molecule has 38 heavy (non-hydrogen) atoms. The van der Waals surface area contributed by atoms with Crippen LogP contribution >= 0.6 is 0 Å². The molecule has 0 radical (unpaired) electrons. The van der Waals surface area contributed by atoms with Crippen LogP contribution in [0.3, 0.4) is 0 Å². The summed E-state index contributed by atoms with van der Waals surface area (Å²) >= 11 is 0. The topological polar surface area (TPSA) is 82.6 Å². The second kappa shape index (κ2) is 11.7. The maximum absolute atomic E-state index is 13.6. The molecule has 1 saturated heterocycles. The van der Waals surface area contributed by atoms with E-state index in [0.29, 0.717) is 24.5 Å². The van der Waals surface area contributed by atoms with Gasteiger partial charge in [-0.2, -0.15) is 4.31 Å². The lowest BCUT2D eigenvalue weighted by atomic mass is 10.1. The quantitative estimate of drug-likeness (QED) is 0.444. The number of phenolic OH excluding ortho intramolecular Hbond substituents is 1. The molecule has 9 heteroatoms. The Balaban J connectivity index is 1.22. The fourth-order valence-electron chi connectivity index (χ4n) is 5.24. The van der Waals surface area contributed by atoms with Gasteiger partial charge in [-0.1, -0.05) is 36.4 Å². The third-order valence-electron chi connectivity index (χ3n) is 7.32. The Bertz CT molecular complexity index is 1310. The van der Waals surface area contributed by atoms with Crippen molar-refractivity contribution in [2.24, 2.45) is 0 Å². The summed E-state index contributed by atoms with van der Waals surface area (Å²) in [4.78, 5) is 4.96. The monoisotopic (exact) mass is 537 g/mol. The van der Waals surface area contributed by atoms with Crippen molar-refractivity contribution in [3.63, 3.8) is 0 Å². The number of benzene rings is 3. The highest BCUT2D eigenvalue weighted by Gasteiger charge is 2.39. The first-order chi connectivity index (χ1) is 18.5. The lowest BCUT2D eigenvalue weighted by molar-refractivity contribution is 0.0204. The lowest BCUT2D eigenvalue weighted by Gasteiger charge is -2.37. The van der Waals surface area contributed by atoms with Gasteiger partial charge in [0, 0.05) is 50.5 Å². The predicted molar refractivity (Wildman–Crippen MR) is 147 cm³/mol. The first-order valence-electron chi connectivity index (χ1n) is 13.0. The van der Waals surface area contributed by atoms with Crippen molar-refractivity contribution in [1.82, 2.24) is 9.21 Å². The Hall–Kier alpha value is -3.11. The van der Waals surface area contributed by atoms with Crippen LogP contribution in [0.15, 0.2) is 77.7 Å². The summed E-state index contributed by atoms with van der Waals surface area (Å²) in [5.74, 6) is 0.809. The molecule has 5 rings (SSSR count). The van der Waals surface area contributed by atoms with Gasteiger partial charge in [0.15, 0.2) is 0 Å². The van der Waals surface area contributed by atoms with Gasteiger partial charge in [0.2, 0.25) is 10.0 Å². The van der Waals surface area contributed by atoms with E-state index in [4.69, 9.17) is 9.47 Å². The number of fused-ring (bicyclic) bond motifs is 1. The minimum atomic E-state index is -3.66. The fraction of sp³-hybridized carbons (Fsp3) is 0.379. The smallest absolute Gasteiger partial charge is 0.243 e. The normalized spacial score (nSPS) is 19.7. The molecule has 1 N–H and O–H groups in total. The van der Waals surface area contributed by atoms with Gasteiger partial charge in [0.1, 0.15) is 17.6 Å². The van der Waals surface area contributed by atoms with Gasteiger partial charge in [-0.15, -0.1) is 0 Å². The standard InChI is InChI=1S/C29H35N3O5S/c1-36-26-9-5-10-28-29(26)27(37-22-23-7-3-2-4-8-23)21-32(38(28,34)35)16-6-15-30-17-19-31(20-18-30)24-11-13-25(33)14-12-24/h2-5,7-14,27,33H,6,15-22H2,1H3. The Morgan fingerprint density at radius 2 is 1.63 bits per heavy atom. The van der Waals surface area contributed by atoms with E-state index in [1.165, 1.54) is 0 Å². The molecule has 202 valence electrons. The Labute approximate surface area is 225 Å². The molecule has 0 bridgehead atoms. The summed E-state index contributed by atoms with van der Waals surface area (Å²) in [5, 5.41) is 9.53. The maximum atomic E-state index is 13.6. The van der Waals surface area contributed by atoms with E-state index in [2.05, 4.69) is 9.80 Å². The number of methoxy groups -OCH3 is 1. The fourth-order valence-corrected chi connectivity index (χ4v) is 6.98. The summed E-state index contributed by atoms with van der Waals surface area (Å²) in [6, 6.07) is 22.4. The van der Waals surface area contributed by atoms with E-state index in [-0.39, 0.29) is 17.2 Å². The minimum absolute atomic E-state index is 0.261. The molecule has 1 fully saturated rings. The molecule has 2 aliphatic rings. The van der Waals surface area contributed by atoms with Crippen LogP contribution in [0.2, 0.25) is 0 Å². The zero-order valence-electron chi connectivity index (χ0n) is 21.7. The number of aromatic hydroxyl groups is 1. The van der Waals surface area contributed by atoms with Crippen molar-refractivity contribution in [1.29, 1.82) is 0 Å². The molecule has 3 aromatic rings. The van der Waals surface area contributed by atoms with Crippen LogP contribution in [0, 0.1) is 0 Å². The molecule has 0 aliphatic carbocycles. The zero-order chi connectivity index (χ0) is 26.5. The number of piperazine rings is 1. The molecule has 0 amide bonds. The molecule has 2 aliphatic heterocycles. The molecular formula is C29H35N3O5S. The third-order valence-corrected chi connectivity index (χ3v) is 9.24. The van der Waals surface area contributed by atoms with E-state index in [1.807, 2.05) is 42.5 Å². The van der Waals surface area contributed by atoms with Gasteiger partial charge in [-0.25, -0.2) is 8.42 Å². The second-order valence-electron chi connectivity index (χ2n) is 9.72. The van der Waals surface area contributed by atoms with E-state index in [1.54, 1.807) is 41.7 Å². The van der Waals surface area contributed by atoms with E-state index >= 15 is 0 Å². The number of anilines is 1. The van der Waals surface area contributed by atoms with Crippen molar-refractivity contribution >= 4 is 15.7 Å². The third kappa shape index (κ3) is 5.81. The van der Waals surface area contributed by atoms with Gasteiger partial charge in [-0.3, -0.25) is 4.90 Å². The molecule has 3 aromatic carbocycles. The van der Waals surface area contributed by atoms with Gasteiger partial charge < -0.3 is 19.5 Å². The van der Waals surface area contributed by atoms with Gasteiger partial charge in [0.25, 0.3) is 0 Å². The number of phenols is 1. The molecule has 8 nitrogen and oxygen atoms in total. The summed E-state index contributed by atoms with van der Waals surface area (Å²) in [6.07, 6.45) is 0.321. The average Bonchev–Trinajstić information content (AvgIpc) is 2.95. The Morgan fingerprint density at radius 1 is 0.895 bits per heavy atom. The predicted octanol–water partition coefficient (Wildman–Crippen LogP) is 3.88.